The molecule has 1 aromatic carbocycles. The second kappa shape index (κ2) is 6.38. The number of hydrogen-bond donors (Lipinski definition) is 2. The number of amides is 1. The molecule has 2 rings (SSSR count). The minimum atomic E-state index is -1.03. The molecule has 1 amide bonds. The molecular formula is C12H7Cl2FN2O3S. The summed E-state index contributed by atoms with van der Waals surface area (Å²) in [5.74, 6) is -2.45. The van der Waals surface area contributed by atoms with Crippen molar-refractivity contribution in [3.05, 3.63) is 44.6 Å². The second-order valence-corrected chi connectivity index (χ2v) is 5.59. The molecule has 1 aromatic heterocycles. The van der Waals surface area contributed by atoms with E-state index in [4.69, 9.17) is 28.3 Å². The van der Waals surface area contributed by atoms with E-state index < -0.39 is 17.7 Å². The van der Waals surface area contributed by atoms with Crippen molar-refractivity contribution in [1.29, 1.82) is 0 Å². The van der Waals surface area contributed by atoms with E-state index >= 15 is 0 Å². The fraction of sp³-hybridized carbons (Fsp3) is 0.0833. The van der Waals surface area contributed by atoms with Gasteiger partial charge >= 0.3 is 5.97 Å². The summed E-state index contributed by atoms with van der Waals surface area (Å²) in [4.78, 5) is 26.4. The Balaban J connectivity index is 2.16. The summed E-state index contributed by atoms with van der Waals surface area (Å²) < 4.78 is 13.4. The standard InChI is InChI=1S/C12H7Cl2FN2O3S/c13-7-3-8(14)9(15)2-6(7)11(20)17-12-16-5(4-21-12)1-10(18)19/h2-4H,1H2,(H,18,19)(H,16,17,20). The van der Waals surface area contributed by atoms with Gasteiger partial charge in [0.05, 0.1) is 27.7 Å². The summed E-state index contributed by atoms with van der Waals surface area (Å²) in [6.45, 7) is 0. The molecule has 0 saturated heterocycles. The maximum Gasteiger partial charge on any atom is 0.309 e. The molecule has 2 N–H and O–H groups in total. The lowest BCUT2D eigenvalue weighted by Crippen LogP contribution is -2.13. The van der Waals surface area contributed by atoms with Crippen LogP contribution in [-0.2, 0) is 11.2 Å². The Hall–Kier alpha value is -1.70. The van der Waals surface area contributed by atoms with Crippen LogP contribution in [0.5, 0.6) is 0 Å². The van der Waals surface area contributed by atoms with Crippen molar-refractivity contribution in [2.75, 3.05) is 5.32 Å². The van der Waals surface area contributed by atoms with Gasteiger partial charge in [-0.2, -0.15) is 0 Å². The molecule has 2 aromatic rings. The first kappa shape index (κ1) is 15.7. The average molecular weight is 349 g/mol. The number of halogens is 3. The van der Waals surface area contributed by atoms with Gasteiger partial charge in [0.2, 0.25) is 0 Å². The van der Waals surface area contributed by atoms with Gasteiger partial charge in [-0.1, -0.05) is 23.2 Å². The molecule has 0 fully saturated rings. The Kier molecular flexibility index (Phi) is 4.76. The Bertz CT molecular complexity index is 721. The maximum absolute atomic E-state index is 13.4. The van der Waals surface area contributed by atoms with Gasteiger partial charge in [0.25, 0.3) is 5.91 Å². The first-order chi connectivity index (χ1) is 9.86. The van der Waals surface area contributed by atoms with E-state index in [1.54, 1.807) is 0 Å². The lowest BCUT2D eigenvalue weighted by Gasteiger charge is -2.05. The first-order valence-electron chi connectivity index (χ1n) is 5.49. The number of thiazole rings is 1. The predicted molar refractivity (Wildman–Crippen MR) is 77.8 cm³/mol. The number of nitrogens with one attached hydrogen (secondary N) is 1. The van der Waals surface area contributed by atoms with Crippen LogP contribution in [0.1, 0.15) is 16.1 Å². The zero-order valence-corrected chi connectivity index (χ0v) is 12.5. The third kappa shape index (κ3) is 3.90. The highest BCUT2D eigenvalue weighted by Gasteiger charge is 2.16. The SMILES string of the molecule is O=C(O)Cc1csc(NC(=O)c2cc(F)c(Cl)cc2Cl)n1. The van der Waals surface area contributed by atoms with Gasteiger partial charge in [-0.3, -0.25) is 14.9 Å². The number of carbonyl (C=O) groups is 2. The number of anilines is 1. The number of benzene rings is 1. The lowest BCUT2D eigenvalue weighted by atomic mass is 10.2. The molecule has 9 heteroatoms. The first-order valence-corrected chi connectivity index (χ1v) is 7.12. The third-order valence-electron chi connectivity index (χ3n) is 2.36. The van der Waals surface area contributed by atoms with Crippen LogP contribution in [0, 0.1) is 5.82 Å². The molecule has 0 radical (unpaired) electrons. The second-order valence-electron chi connectivity index (χ2n) is 3.91. The highest BCUT2D eigenvalue weighted by atomic mass is 35.5. The molecule has 0 spiro atoms. The fourth-order valence-electron chi connectivity index (χ4n) is 1.46. The van der Waals surface area contributed by atoms with E-state index in [-0.39, 0.29) is 27.2 Å². The van der Waals surface area contributed by atoms with Crippen molar-refractivity contribution >= 4 is 51.5 Å². The van der Waals surface area contributed by atoms with Crippen LogP contribution in [-0.4, -0.2) is 22.0 Å². The summed E-state index contributed by atoms with van der Waals surface area (Å²) in [6, 6.07) is 2.05. The van der Waals surface area contributed by atoms with E-state index in [1.165, 1.54) is 5.38 Å². The predicted octanol–water partition coefficient (Wildman–Crippen LogP) is 3.47. The summed E-state index contributed by atoms with van der Waals surface area (Å²) >= 11 is 12.4. The number of aliphatic carboxylic acids is 1. The number of carbonyl (C=O) groups excluding carboxylic acids is 1. The number of carboxylic acid groups (broad SMARTS) is 1. The Morgan fingerprint density at radius 1 is 1.33 bits per heavy atom. The van der Waals surface area contributed by atoms with Crippen molar-refractivity contribution in [3.8, 4) is 0 Å². The molecule has 0 unspecified atom stereocenters. The largest absolute Gasteiger partial charge is 0.481 e. The van der Waals surface area contributed by atoms with Crippen LogP contribution in [0.15, 0.2) is 17.5 Å². The number of hydrogen-bond acceptors (Lipinski definition) is 4. The van der Waals surface area contributed by atoms with Gasteiger partial charge in [-0.15, -0.1) is 11.3 Å². The topological polar surface area (TPSA) is 79.3 Å². The van der Waals surface area contributed by atoms with Crippen LogP contribution in [0.4, 0.5) is 9.52 Å². The molecule has 0 aliphatic carbocycles. The number of carboxylic acids is 1. The van der Waals surface area contributed by atoms with Crippen LogP contribution in [0.3, 0.4) is 0 Å². The Morgan fingerprint density at radius 2 is 2.05 bits per heavy atom. The zero-order valence-electron chi connectivity index (χ0n) is 10.2. The van der Waals surface area contributed by atoms with Crippen LogP contribution in [0.2, 0.25) is 10.0 Å². The van der Waals surface area contributed by atoms with E-state index in [0.717, 1.165) is 23.5 Å². The zero-order chi connectivity index (χ0) is 15.6. The van der Waals surface area contributed by atoms with Gasteiger partial charge in [0, 0.05) is 5.38 Å². The van der Waals surface area contributed by atoms with E-state index in [1.807, 2.05) is 0 Å². The van der Waals surface area contributed by atoms with E-state index in [2.05, 4.69) is 10.3 Å². The van der Waals surface area contributed by atoms with Crippen LogP contribution in [0.25, 0.3) is 0 Å². The minimum Gasteiger partial charge on any atom is -0.481 e. The molecule has 5 nitrogen and oxygen atoms in total. The lowest BCUT2D eigenvalue weighted by molar-refractivity contribution is -0.136. The average Bonchev–Trinajstić information content (AvgIpc) is 2.80. The molecule has 110 valence electrons. The van der Waals surface area contributed by atoms with Crippen molar-refractivity contribution in [1.82, 2.24) is 4.98 Å². The van der Waals surface area contributed by atoms with Crippen molar-refractivity contribution in [2.45, 2.75) is 6.42 Å². The summed E-state index contributed by atoms with van der Waals surface area (Å²) in [5.41, 5.74) is 0.227. The van der Waals surface area contributed by atoms with Crippen LogP contribution >= 0.6 is 34.5 Å². The monoisotopic (exact) mass is 348 g/mol. The normalized spacial score (nSPS) is 10.4. The molecule has 21 heavy (non-hydrogen) atoms. The number of rotatable bonds is 4. The van der Waals surface area contributed by atoms with Gasteiger partial charge in [-0.05, 0) is 12.1 Å². The van der Waals surface area contributed by atoms with Gasteiger partial charge in [0.1, 0.15) is 5.82 Å². The molecule has 0 aliphatic rings. The van der Waals surface area contributed by atoms with Crippen LogP contribution < -0.4 is 5.32 Å². The number of aromatic nitrogens is 1. The smallest absolute Gasteiger partial charge is 0.309 e. The molecule has 0 atom stereocenters. The Labute approximate surface area is 132 Å². The third-order valence-corrected chi connectivity index (χ3v) is 3.77. The highest BCUT2D eigenvalue weighted by molar-refractivity contribution is 7.14. The number of nitrogens with zero attached hydrogens (tertiary/aromatic N) is 1. The van der Waals surface area contributed by atoms with E-state index in [9.17, 15) is 14.0 Å². The molecular weight excluding hydrogens is 342 g/mol. The van der Waals surface area contributed by atoms with Gasteiger partial charge in [-0.25, -0.2) is 9.37 Å². The van der Waals surface area contributed by atoms with Gasteiger partial charge in [0.15, 0.2) is 5.13 Å². The van der Waals surface area contributed by atoms with Gasteiger partial charge < -0.3 is 5.11 Å². The summed E-state index contributed by atoms with van der Waals surface area (Å²) in [7, 11) is 0. The van der Waals surface area contributed by atoms with Crippen molar-refractivity contribution in [3.63, 3.8) is 0 Å². The Morgan fingerprint density at radius 3 is 2.71 bits per heavy atom. The van der Waals surface area contributed by atoms with Crippen molar-refractivity contribution in [2.24, 2.45) is 0 Å². The fourth-order valence-corrected chi connectivity index (χ4v) is 2.64. The molecule has 1 heterocycles. The maximum atomic E-state index is 13.4. The molecule has 0 bridgehead atoms. The summed E-state index contributed by atoms with van der Waals surface area (Å²) in [6.07, 6.45) is -0.247. The molecule has 0 saturated carbocycles. The highest BCUT2D eigenvalue weighted by Crippen LogP contribution is 2.25. The quantitative estimate of drug-likeness (QED) is 0.829. The molecule has 0 aliphatic heterocycles. The van der Waals surface area contributed by atoms with E-state index in [0.29, 0.717) is 5.69 Å². The van der Waals surface area contributed by atoms with Crippen molar-refractivity contribution < 1.29 is 19.1 Å². The minimum absolute atomic E-state index is 0.00113. The summed E-state index contributed by atoms with van der Waals surface area (Å²) in [5, 5.41) is 12.6.